The third-order valence-corrected chi connectivity index (χ3v) is 6.81. The molecule has 2 amide bonds. The molecule has 3 heterocycles. The number of likely N-dealkylation sites (tertiary alicyclic amines) is 1. The van der Waals surface area contributed by atoms with Crippen LogP contribution < -0.4 is 0 Å². The molecule has 1 aromatic carbocycles. The molecule has 8 nitrogen and oxygen atoms in total. The first-order valence-corrected chi connectivity index (χ1v) is 10.7. The summed E-state index contributed by atoms with van der Waals surface area (Å²) in [5.74, 6) is 0.122. The molecule has 0 bridgehead atoms. The van der Waals surface area contributed by atoms with E-state index in [4.69, 9.17) is 0 Å². The van der Waals surface area contributed by atoms with Crippen LogP contribution >= 0.6 is 0 Å². The van der Waals surface area contributed by atoms with E-state index < -0.39 is 0 Å². The second kappa shape index (κ2) is 7.40. The van der Waals surface area contributed by atoms with E-state index in [1.54, 1.807) is 15.6 Å². The van der Waals surface area contributed by atoms with Crippen LogP contribution in [0.2, 0.25) is 0 Å². The van der Waals surface area contributed by atoms with Crippen molar-refractivity contribution in [3.63, 3.8) is 0 Å². The smallest absolute Gasteiger partial charge is 0.253 e. The van der Waals surface area contributed by atoms with Crippen LogP contribution in [0.5, 0.6) is 0 Å². The predicted molar refractivity (Wildman–Crippen MR) is 108 cm³/mol. The molecule has 5 rings (SSSR count). The van der Waals surface area contributed by atoms with Crippen LogP contribution in [0.1, 0.15) is 36.0 Å². The summed E-state index contributed by atoms with van der Waals surface area (Å²) < 4.78 is 1.69. The fraction of sp³-hybridized carbons (Fsp3) is 0.619. The number of aromatic nitrogens is 3. The van der Waals surface area contributed by atoms with Gasteiger partial charge in [0.15, 0.2) is 0 Å². The van der Waals surface area contributed by atoms with Gasteiger partial charge in [-0.05, 0) is 37.5 Å². The van der Waals surface area contributed by atoms with Gasteiger partial charge in [-0.3, -0.25) is 14.5 Å². The van der Waals surface area contributed by atoms with Crippen molar-refractivity contribution in [3.05, 3.63) is 23.8 Å². The van der Waals surface area contributed by atoms with Crippen LogP contribution in [0.15, 0.2) is 18.2 Å². The van der Waals surface area contributed by atoms with Gasteiger partial charge in [0, 0.05) is 57.9 Å². The van der Waals surface area contributed by atoms with Crippen LogP contribution in [0, 0.1) is 5.92 Å². The number of carbonyl (C=O) groups is 2. The summed E-state index contributed by atoms with van der Waals surface area (Å²) in [6.45, 7) is 4.79. The third kappa shape index (κ3) is 3.39. The highest BCUT2D eigenvalue weighted by atomic mass is 16.2. The molecule has 2 aliphatic heterocycles. The molecule has 0 radical (unpaired) electrons. The molecule has 0 spiro atoms. The predicted octanol–water partition coefficient (Wildman–Crippen LogP) is 1.13. The molecule has 2 aromatic rings. The summed E-state index contributed by atoms with van der Waals surface area (Å²) >= 11 is 0. The number of fused-ring (bicyclic) bond motifs is 1. The Labute approximate surface area is 170 Å². The first kappa shape index (κ1) is 18.5. The largest absolute Gasteiger partial charge is 0.341 e. The first-order valence-electron chi connectivity index (χ1n) is 10.7. The summed E-state index contributed by atoms with van der Waals surface area (Å²) in [7, 11) is 1.83. The van der Waals surface area contributed by atoms with E-state index in [2.05, 4.69) is 15.2 Å². The van der Waals surface area contributed by atoms with Gasteiger partial charge in [-0.1, -0.05) is 11.6 Å². The van der Waals surface area contributed by atoms with Gasteiger partial charge in [-0.25, -0.2) is 4.68 Å². The van der Waals surface area contributed by atoms with E-state index in [9.17, 15) is 9.59 Å². The van der Waals surface area contributed by atoms with Crippen LogP contribution in [0.25, 0.3) is 11.0 Å². The van der Waals surface area contributed by atoms with Gasteiger partial charge >= 0.3 is 0 Å². The molecule has 1 aliphatic carbocycles. The average Bonchev–Trinajstić information content (AvgIpc) is 2.85. The maximum atomic E-state index is 12.9. The minimum absolute atomic E-state index is 0.0337. The molecular formula is C21H28N6O2. The minimum atomic E-state index is -0.0607. The lowest BCUT2D eigenvalue weighted by Gasteiger charge is -2.40. The van der Waals surface area contributed by atoms with Gasteiger partial charge in [-0.2, -0.15) is 0 Å². The Bertz CT molecular complexity index is 930. The monoisotopic (exact) mass is 396 g/mol. The third-order valence-electron chi connectivity index (χ3n) is 6.81. The van der Waals surface area contributed by atoms with E-state index in [1.165, 1.54) is 19.3 Å². The number of amides is 2. The Morgan fingerprint density at radius 1 is 1.00 bits per heavy atom. The molecular weight excluding hydrogens is 368 g/mol. The molecule has 29 heavy (non-hydrogen) atoms. The SMILES string of the molecule is Cn1nnc2cc(C(=O)N3CC(C(=O)N4CCCN(C5CCC5)CC4)C3)ccc21. The van der Waals surface area contributed by atoms with Gasteiger partial charge in [0.05, 0.1) is 11.4 Å². The number of aryl methyl sites for hydroxylation is 1. The van der Waals surface area contributed by atoms with E-state index in [-0.39, 0.29) is 17.7 Å². The Hall–Kier alpha value is -2.48. The standard InChI is InChI=1S/C21H28N6O2/c1-24-19-7-6-15(12-18(19)22-23-24)20(28)27-13-16(14-27)21(29)26-9-3-8-25(10-11-26)17-4-2-5-17/h6-7,12,16-17H,2-5,8-11,13-14H2,1H3. The van der Waals surface area contributed by atoms with E-state index in [0.29, 0.717) is 24.2 Å². The van der Waals surface area contributed by atoms with Crippen molar-refractivity contribution in [2.45, 2.75) is 31.7 Å². The fourth-order valence-corrected chi connectivity index (χ4v) is 4.69. The second-order valence-corrected chi connectivity index (χ2v) is 8.62. The Morgan fingerprint density at radius 3 is 2.59 bits per heavy atom. The number of hydrogen-bond donors (Lipinski definition) is 0. The Morgan fingerprint density at radius 2 is 1.83 bits per heavy atom. The van der Waals surface area contributed by atoms with E-state index in [1.807, 2.05) is 24.1 Å². The van der Waals surface area contributed by atoms with Crippen LogP contribution in [0.3, 0.4) is 0 Å². The minimum Gasteiger partial charge on any atom is -0.341 e. The molecule has 3 aliphatic rings. The van der Waals surface area contributed by atoms with E-state index in [0.717, 1.165) is 44.2 Å². The lowest BCUT2D eigenvalue weighted by Crippen LogP contribution is -2.56. The highest BCUT2D eigenvalue weighted by Crippen LogP contribution is 2.27. The fourth-order valence-electron chi connectivity index (χ4n) is 4.69. The van der Waals surface area contributed by atoms with E-state index >= 15 is 0 Å². The number of carbonyl (C=O) groups excluding carboxylic acids is 2. The normalized spacial score (nSPS) is 21.7. The molecule has 8 heteroatoms. The van der Waals surface area contributed by atoms with Gasteiger partial charge in [0.25, 0.3) is 5.91 Å². The zero-order chi connectivity index (χ0) is 20.0. The molecule has 0 atom stereocenters. The molecule has 1 aromatic heterocycles. The maximum absolute atomic E-state index is 12.9. The number of nitrogens with zero attached hydrogens (tertiary/aromatic N) is 6. The summed E-state index contributed by atoms with van der Waals surface area (Å²) in [5.41, 5.74) is 2.22. The number of rotatable bonds is 3. The lowest BCUT2D eigenvalue weighted by atomic mass is 9.91. The van der Waals surface area contributed by atoms with Gasteiger partial charge in [0.1, 0.15) is 5.52 Å². The molecule has 0 N–H and O–H groups in total. The zero-order valence-corrected chi connectivity index (χ0v) is 17.0. The summed E-state index contributed by atoms with van der Waals surface area (Å²) in [6.07, 6.45) is 5.03. The average molecular weight is 396 g/mol. The Kier molecular flexibility index (Phi) is 4.73. The summed E-state index contributed by atoms with van der Waals surface area (Å²) in [6, 6.07) is 6.21. The van der Waals surface area contributed by atoms with Gasteiger partial charge < -0.3 is 9.80 Å². The summed E-state index contributed by atoms with van der Waals surface area (Å²) in [5, 5.41) is 8.07. The van der Waals surface area contributed by atoms with Crippen molar-refractivity contribution >= 4 is 22.8 Å². The zero-order valence-electron chi connectivity index (χ0n) is 17.0. The quantitative estimate of drug-likeness (QED) is 0.778. The highest BCUT2D eigenvalue weighted by Gasteiger charge is 2.39. The van der Waals surface area contributed by atoms with Gasteiger partial charge in [0.2, 0.25) is 5.91 Å². The van der Waals surface area contributed by atoms with Crippen molar-refractivity contribution < 1.29 is 9.59 Å². The van der Waals surface area contributed by atoms with Crippen molar-refractivity contribution in [2.75, 3.05) is 39.3 Å². The maximum Gasteiger partial charge on any atom is 0.253 e. The first-order chi connectivity index (χ1) is 14.1. The second-order valence-electron chi connectivity index (χ2n) is 8.62. The lowest BCUT2D eigenvalue weighted by molar-refractivity contribution is -0.139. The van der Waals surface area contributed by atoms with Crippen LogP contribution in [-0.2, 0) is 11.8 Å². The summed E-state index contributed by atoms with van der Waals surface area (Å²) in [4.78, 5) is 32.1. The molecule has 2 saturated heterocycles. The number of benzene rings is 1. The molecule has 3 fully saturated rings. The van der Waals surface area contributed by atoms with Gasteiger partial charge in [-0.15, -0.1) is 5.10 Å². The topological polar surface area (TPSA) is 74.6 Å². The van der Waals surface area contributed by atoms with Crippen molar-refractivity contribution in [2.24, 2.45) is 13.0 Å². The molecule has 0 unspecified atom stereocenters. The Balaban J connectivity index is 1.16. The molecule has 1 saturated carbocycles. The molecule has 154 valence electrons. The van der Waals surface area contributed by atoms with Crippen LogP contribution in [-0.4, -0.2) is 86.8 Å². The van der Waals surface area contributed by atoms with Crippen molar-refractivity contribution in [3.8, 4) is 0 Å². The van der Waals surface area contributed by atoms with Crippen molar-refractivity contribution in [1.29, 1.82) is 0 Å². The van der Waals surface area contributed by atoms with Crippen molar-refractivity contribution in [1.82, 2.24) is 29.7 Å². The number of hydrogen-bond acceptors (Lipinski definition) is 5. The highest BCUT2D eigenvalue weighted by molar-refractivity contribution is 5.98. The van der Waals surface area contributed by atoms with Crippen LogP contribution in [0.4, 0.5) is 0 Å².